The van der Waals surface area contributed by atoms with Gasteiger partial charge in [-0.3, -0.25) is 10.1 Å². The van der Waals surface area contributed by atoms with Gasteiger partial charge in [-0.15, -0.1) is 0 Å². The van der Waals surface area contributed by atoms with Crippen LogP contribution in [0.2, 0.25) is 0 Å². The molecule has 0 bridgehead atoms. The van der Waals surface area contributed by atoms with Gasteiger partial charge in [-0.05, 0) is 41.3 Å². The number of non-ortho nitro benzene ring substituents is 1. The molecule has 2 aromatic rings. The molecule has 0 amide bonds. The first kappa shape index (κ1) is 13.7. The van der Waals surface area contributed by atoms with Crippen LogP contribution in [0.25, 0.3) is 0 Å². The van der Waals surface area contributed by atoms with Gasteiger partial charge in [-0.2, -0.15) is 11.3 Å². The van der Waals surface area contributed by atoms with Crippen molar-refractivity contribution in [1.82, 2.24) is 5.32 Å². The third kappa shape index (κ3) is 3.39. The van der Waals surface area contributed by atoms with Gasteiger partial charge >= 0.3 is 0 Å². The number of hydrogen-bond donors (Lipinski definition) is 1. The first-order chi connectivity index (χ1) is 9.08. The molecular weight excluding hydrogens is 260 g/mol. The van der Waals surface area contributed by atoms with Crippen LogP contribution in [0.5, 0.6) is 0 Å². The molecule has 0 saturated heterocycles. The predicted molar refractivity (Wildman–Crippen MR) is 77.4 cm³/mol. The number of hydrogen-bond acceptors (Lipinski definition) is 4. The minimum atomic E-state index is -0.362. The molecule has 5 heteroatoms. The van der Waals surface area contributed by atoms with E-state index in [0.29, 0.717) is 0 Å². The summed E-state index contributed by atoms with van der Waals surface area (Å²) in [6.07, 6.45) is 0. The Morgan fingerprint density at radius 1 is 1.42 bits per heavy atom. The highest BCUT2D eigenvalue weighted by molar-refractivity contribution is 7.08. The van der Waals surface area contributed by atoms with Crippen molar-refractivity contribution in [3.63, 3.8) is 0 Å². The number of nitrogens with one attached hydrogen (secondary N) is 1. The van der Waals surface area contributed by atoms with Gasteiger partial charge in [0.05, 0.1) is 4.92 Å². The molecule has 0 aliphatic rings. The summed E-state index contributed by atoms with van der Waals surface area (Å²) in [5.41, 5.74) is 3.63. The lowest BCUT2D eigenvalue weighted by Crippen LogP contribution is -2.18. The largest absolute Gasteiger partial charge is 0.306 e. The molecule has 0 aliphatic heterocycles. The van der Waals surface area contributed by atoms with Crippen LogP contribution in [0.15, 0.2) is 35.0 Å². The van der Waals surface area contributed by atoms with E-state index in [2.05, 4.69) is 23.0 Å². The minimum absolute atomic E-state index is 0.0826. The molecule has 0 saturated carbocycles. The normalized spacial score (nSPS) is 12.3. The maximum Gasteiger partial charge on any atom is 0.269 e. The van der Waals surface area contributed by atoms with Crippen LogP contribution >= 0.6 is 11.3 Å². The molecule has 100 valence electrons. The third-order valence-corrected chi connectivity index (χ3v) is 4.05. The van der Waals surface area contributed by atoms with Gasteiger partial charge in [0.15, 0.2) is 0 Å². The smallest absolute Gasteiger partial charge is 0.269 e. The van der Waals surface area contributed by atoms with E-state index < -0.39 is 0 Å². The van der Waals surface area contributed by atoms with Gasteiger partial charge in [0.25, 0.3) is 5.69 Å². The second-order valence-corrected chi connectivity index (χ2v) is 5.28. The van der Waals surface area contributed by atoms with E-state index in [4.69, 9.17) is 0 Å². The molecule has 0 aliphatic carbocycles. The lowest BCUT2D eigenvalue weighted by atomic mass is 10.1. The van der Waals surface area contributed by atoms with Crippen molar-refractivity contribution in [2.75, 3.05) is 0 Å². The summed E-state index contributed by atoms with van der Waals surface area (Å²) >= 11 is 1.69. The molecule has 1 heterocycles. The fraction of sp³-hybridized carbons (Fsp3) is 0.286. The molecule has 4 nitrogen and oxygen atoms in total. The summed E-state index contributed by atoms with van der Waals surface area (Å²) in [5.74, 6) is 0. The Morgan fingerprint density at radius 2 is 2.21 bits per heavy atom. The molecule has 19 heavy (non-hydrogen) atoms. The first-order valence-electron chi connectivity index (χ1n) is 6.07. The lowest BCUT2D eigenvalue weighted by molar-refractivity contribution is -0.384. The maximum absolute atomic E-state index is 10.8. The van der Waals surface area contributed by atoms with Gasteiger partial charge in [0, 0.05) is 24.7 Å². The zero-order valence-corrected chi connectivity index (χ0v) is 11.7. The summed E-state index contributed by atoms with van der Waals surface area (Å²) in [4.78, 5) is 10.4. The fourth-order valence-corrected chi connectivity index (χ4v) is 2.71. The van der Waals surface area contributed by atoms with Crippen molar-refractivity contribution in [2.45, 2.75) is 26.4 Å². The van der Waals surface area contributed by atoms with E-state index >= 15 is 0 Å². The Morgan fingerprint density at radius 3 is 2.84 bits per heavy atom. The summed E-state index contributed by atoms with van der Waals surface area (Å²) in [6.45, 7) is 4.88. The Hall–Kier alpha value is -1.72. The van der Waals surface area contributed by atoms with Gasteiger partial charge < -0.3 is 5.32 Å². The quantitative estimate of drug-likeness (QED) is 0.667. The molecule has 1 N–H and O–H groups in total. The second-order valence-electron chi connectivity index (χ2n) is 4.53. The summed E-state index contributed by atoms with van der Waals surface area (Å²) < 4.78 is 0. The summed E-state index contributed by atoms with van der Waals surface area (Å²) in [5, 5.41) is 18.4. The molecule has 1 aromatic heterocycles. The van der Waals surface area contributed by atoms with Crippen LogP contribution in [0.3, 0.4) is 0 Å². The third-order valence-electron chi connectivity index (χ3n) is 3.14. The van der Waals surface area contributed by atoms with Gasteiger partial charge in [-0.1, -0.05) is 12.1 Å². The lowest BCUT2D eigenvalue weighted by Gasteiger charge is -2.14. The van der Waals surface area contributed by atoms with E-state index in [1.807, 2.05) is 13.0 Å². The Bertz CT molecular complexity index is 580. The number of benzene rings is 1. The monoisotopic (exact) mass is 276 g/mol. The molecular formula is C14H16N2O2S. The van der Waals surface area contributed by atoms with E-state index in [1.165, 1.54) is 17.2 Å². The maximum atomic E-state index is 10.8. The van der Waals surface area contributed by atoms with Crippen LogP contribution < -0.4 is 5.32 Å². The standard InChI is InChI=1S/C14H16N2O2S/c1-10-8-19-9-13(10)7-15-11(2)12-4-3-5-14(6-12)16(17)18/h3-6,8-9,11,15H,7H2,1-2H3. The number of rotatable bonds is 5. The average molecular weight is 276 g/mol. The van der Waals surface area contributed by atoms with E-state index in [-0.39, 0.29) is 16.7 Å². The minimum Gasteiger partial charge on any atom is -0.306 e. The van der Waals surface area contributed by atoms with Crippen LogP contribution in [0, 0.1) is 17.0 Å². The van der Waals surface area contributed by atoms with Gasteiger partial charge in [0.1, 0.15) is 0 Å². The Balaban J connectivity index is 2.03. The van der Waals surface area contributed by atoms with Crippen molar-refractivity contribution < 1.29 is 4.92 Å². The molecule has 2 rings (SSSR count). The van der Waals surface area contributed by atoms with Crippen molar-refractivity contribution in [2.24, 2.45) is 0 Å². The topological polar surface area (TPSA) is 55.2 Å². The number of nitro groups is 1. The van der Waals surface area contributed by atoms with Crippen molar-refractivity contribution in [3.8, 4) is 0 Å². The zero-order valence-electron chi connectivity index (χ0n) is 10.9. The Kier molecular flexibility index (Phi) is 4.29. The highest BCUT2D eigenvalue weighted by Crippen LogP contribution is 2.20. The van der Waals surface area contributed by atoms with Gasteiger partial charge in [0.2, 0.25) is 0 Å². The molecule has 1 unspecified atom stereocenters. The van der Waals surface area contributed by atoms with E-state index in [0.717, 1.165) is 12.1 Å². The van der Waals surface area contributed by atoms with Crippen molar-refractivity contribution >= 4 is 17.0 Å². The average Bonchev–Trinajstić information content (AvgIpc) is 2.81. The number of nitro benzene ring substituents is 1. The molecule has 0 spiro atoms. The number of nitrogens with zero attached hydrogens (tertiary/aromatic N) is 1. The van der Waals surface area contributed by atoms with Crippen LogP contribution in [-0.4, -0.2) is 4.92 Å². The molecule has 0 fully saturated rings. The van der Waals surface area contributed by atoms with E-state index in [9.17, 15) is 10.1 Å². The van der Waals surface area contributed by atoms with Crippen molar-refractivity contribution in [3.05, 3.63) is 61.8 Å². The highest BCUT2D eigenvalue weighted by Gasteiger charge is 2.11. The van der Waals surface area contributed by atoms with Crippen LogP contribution in [0.1, 0.15) is 29.7 Å². The molecule has 1 atom stereocenters. The Labute approximate surface area is 116 Å². The second kappa shape index (κ2) is 5.95. The zero-order chi connectivity index (χ0) is 13.8. The molecule has 0 radical (unpaired) electrons. The van der Waals surface area contributed by atoms with Crippen molar-refractivity contribution in [1.29, 1.82) is 0 Å². The molecule has 1 aromatic carbocycles. The summed E-state index contributed by atoms with van der Waals surface area (Å²) in [7, 11) is 0. The predicted octanol–water partition coefficient (Wildman–Crippen LogP) is 3.82. The van der Waals surface area contributed by atoms with Crippen LogP contribution in [-0.2, 0) is 6.54 Å². The fourth-order valence-electron chi connectivity index (χ4n) is 1.86. The van der Waals surface area contributed by atoms with Gasteiger partial charge in [-0.25, -0.2) is 0 Å². The van der Waals surface area contributed by atoms with Crippen LogP contribution in [0.4, 0.5) is 5.69 Å². The first-order valence-corrected chi connectivity index (χ1v) is 7.01. The summed E-state index contributed by atoms with van der Waals surface area (Å²) in [6, 6.07) is 6.85. The SMILES string of the molecule is Cc1cscc1CNC(C)c1cccc([N+](=O)[O-])c1. The number of thiophene rings is 1. The van der Waals surface area contributed by atoms with E-state index in [1.54, 1.807) is 23.5 Å². The number of aryl methyl sites for hydroxylation is 1. The highest BCUT2D eigenvalue weighted by atomic mass is 32.1.